The fourth-order valence-corrected chi connectivity index (χ4v) is 3.20. The summed E-state index contributed by atoms with van der Waals surface area (Å²) in [4.78, 5) is 13.9. The standard InChI is InChI=1S/C15H21ClN2O3/c1-4-7-18-12(19)8-10(17)14(18)9-5-6-11(20-2)15(21-3)13(9)16/h5-6,10,14H,4,7-8,17H2,1-3H3. The van der Waals surface area contributed by atoms with Gasteiger partial charge in [0.25, 0.3) is 0 Å². The molecule has 0 radical (unpaired) electrons. The summed E-state index contributed by atoms with van der Waals surface area (Å²) in [6.07, 6.45) is 1.22. The van der Waals surface area contributed by atoms with E-state index < -0.39 is 0 Å². The highest BCUT2D eigenvalue weighted by molar-refractivity contribution is 6.33. The molecular weight excluding hydrogens is 292 g/mol. The Morgan fingerprint density at radius 3 is 2.67 bits per heavy atom. The average molecular weight is 313 g/mol. The number of benzene rings is 1. The predicted octanol–water partition coefficient (Wildman–Crippen LogP) is 2.37. The number of hydrogen-bond acceptors (Lipinski definition) is 4. The molecule has 6 heteroatoms. The summed E-state index contributed by atoms with van der Waals surface area (Å²) >= 11 is 6.45. The van der Waals surface area contributed by atoms with Crippen molar-refractivity contribution in [1.82, 2.24) is 4.90 Å². The van der Waals surface area contributed by atoms with E-state index in [9.17, 15) is 4.79 Å². The Kier molecular flexibility index (Phi) is 4.96. The van der Waals surface area contributed by atoms with Gasteiger partial charge in [-0.2, -0.15) is 0 Å². The molecule has 2 N–H and O–H groups in total. The third kappa shape index (κ3) is 2.80. The van der Waals surface area contributed by atoms with E-state index in [0.717, 1.165) is 12.0 Å². The summed E-state index contributed by atoms with van der Waals surface area (Å²) in [5, 5.41) is 0.452. The van der Waals surface area contributed by atoms with Crippen LogP contribution in [-0.2, 0) is 4.79 Å². The van der Waals surface area contributed by atoms with Gasteiger partial charge in [0.15, 0.2) is 11.5 Å². The molecule has 0 aliphatic carbocycles. The normalized spacial score (nSPS) is 21.8. The van der Waals surface area contributed by atoms with Crippen LogP contribution >= 0.6 is 11.6 Å². The number of ether oxygens (including phenoxy) is 2. The van der Waals surface area contributed by atoms with E-state index in [4.69, 9.17) is 26.8 Å². The van der Waals surface area contributed by atoms with Gasteiger partial charge in [-0.15, -0.1) is 0 Å². The lowest BCUT2D eigenvalue weighted by Gasteiger charge is -2.28. The van der Waals surface area contributed by atoms with Gasteiger partial charge in [-0.1, -0.05) is 24.6 Å². The summed E-state index contributed by atoms with van der Waals surface area (Å²) in [6, 6.07) is 3.17. The fraction of sp³-hybridized carbons (Fsp3) is 0.533. The topological polar surface area (TPSA) is 64.8 Å². The first kappa shape index (κ1) is 15.9. The van der Waals surface area contributed by atoms with Gasteiger partial charge >= 0.3 is 0 Å². The highest BCUT2D eigenvalue weighted by atomic mass is 35.5. The summed E-state index contributed by atoms with van der Waals surface area (Å²) in [7, 11) is 3.10. The van der Waals surface area contributed by atoms with E-state index in [2.05, 4.69) is 0 Å². The molecule has 116 valence electrons. The van der Waals surface area contributed by atoms with Crippen LogP contribution in [-0.4, -0.2) is 37.6 Å². The van der Waals surface area contributed by atoms with Gasteiger partial charge in [-0.3, -0.25) is 4.79 Å². The molecule has 2 unspecified atom stereocenters. The minimum atomic E-state index is -0.264. The van der Waals surface area contributed by atoms with Gasteiger partial charge in [-0.25, -0.2) is 0 Å². The Bertz CT molecular complexity index is 536. The molecule has 0 spiro atoms. The molecule has 2 atom stereocenters. The minimum Gasteiger partial charge on any atom is -0.493 e. The van der Waals surface area contributed by atoms with Crippen molar-refractivity contribution in [3.8, 4) is 11.5 Å². The number of halogens is 1. The summed E-state index contributed by atoms with van der Waals surface area (Å²) in [5.41, 5.74) is 6.97. The van der Waals surface area contributed by atoms with Gasteiger partial charge in [0.05, 0.1) is 25.3 Å². The second-order valence-corrected chi connectivity index (χ2v) is 5.48. The number of likely N-dealkylation sites (tertiary alicyclic amines) is 1. The van der Waals surface area contributed by atoms with E-state index in [-0.39, 0.29) is 18.0 Å². The molecule has 1 amide bonds. The van der Waals surface area contributed by atoms with Crippen molar-refractivity contribution in [3.05, 3.63) is 22.7 Å². The lowest BCUT2D eigenvalue weighted by atomic mass is 10.00. The minimum absolute atomic E-state index is 0.0696. The van der Waals surface area contributed by atoms with Crippen LogP contribution in [0.4, 0.5) is 0 Å². The molecule has 1 aromatic rings. The van der Waals surface area contributed by atoms with Crippen LogP contribution in [0.5, 0.6) is 11.5 Å². The molecule has 5 nitrogen and oxygen atoms in total. The number of methoxy groups -OCH3 is 2. The van der Waals surface area contributed by atoms with Crippen LogP contribution in [0.1, 0.15) is 31.4 Å². The Morgan fingerprint density at radius 1 is 1.38 bits per heavy atom. The summed E-state index contributed by atoms with van der Waals surface area (Å²) in [6.45, 7) is 2.70. The Labute approximate surface area is 130 Å². The van der Waals surface area contributed by atoms with Gasteiger partial charge < -0.3 is 20.1 Å². The number of carbonyl (C=O) groups excluding carboxylic acids is 1. The molecule has 1 fully saturated rings. The van der Waals surface area contributed by atoms with Gasteiger partial charge in [0.2, 0.25) is 5.91 Å². The lowest BCUT2D eigenvalue weighted by Crippen LogP contribution is -2.33. The van der Waals surface area contributed by atoms with Crippen molar-refractivity contribution in [2.75, 3.05) is 20.8 Å². The number of nitrogens with zero attached hydrogens (tertiary/aromatic N) is 1. The van der Waals surface area contributed by atoms with E-state index in [1.807, 2.05) is 13.0 Å². The molecule has 1 aliphatic heterocycles. The summed E-state index contributed by atoms with van der Waals surface area (Å²) < 4.78 is 10.6. The van der Waals surface area contributed by atoms with Crippen LogP contribution in [0.25, 0.3) is 0 Å². The molecule has 1 heterocycles. The zero-order valence-electron chi connectivity index (χ0n) is 12.6. The van der Waals surface area contributed by atoms with Crippen molar-refractivity contribution >= 4 is 17.5 Å². The molecule has 1 aliphatic rings. The number of carbonyl (C=O) groups is 1. The third-order valence-electron chi connectivity index (χ3n) is 3.77. The van der Waals surface area contributed by atoms with Crippen LogP contribution in [0.3, 0.4) is 0 Å². The number of rotatable bonds is 5. The van der Waals surface area contributed by atoms with E-state index in [0.29, 0.717) is 29.5 Å². The maximum Gasteiger partial charge on any atom is 0.224 e. The number of amides is 1. The first-order chi connectivity index (χ1) is 10.0. The lowest BCUT2D eigenvalue weighted by molar-refractivity contribution is -0.129. The van der Waals surface area contributed by atoms with E-state index in [1.165, 1.54) is 7.11 Å². The summed E-state index contributed by atoms with van der Waals surface area (Å²) in [5.74, 6) is 1.10. The first-order valence-electron chi connectivity index (χ1n) is 7.00. The zero-order chi connectivity index (χ0) is 15.6. The third-order valence-corrected chi connectivity index (χ3v) is 4.16. The molecule has 1 aromatic carbocycles. The van der Waals surface area contributed by atoms with Crippen LogP contribution in [0.2, 0.25) is 5.02 Å². The Morgan fingerprint density at radius 2 is 2.10 bits per heavy atom. The fourth-order valence-electron chi connectivity index (χ4n) is 2.85. The van der Waals surface area contributed by atoms with E-state index >= 15 is 0 Å². The first-order valence-corrected chi connectivity index (χ1v) is 7.38. The van der Waals surface area contributed by atoms with Crippen molar-refractivity contribution < 1.29 is 14.3 Å². The predicted molar refractivity (Wildman–Crippen MR) is 81.9 cm³/mol. The van der Waals surface area contributed by atoms with Crippen molar-refractivity contribution in [3.63, 3.8) is 0 Å². The SMILES string of the molecule is CCCN1C(=O)CC(N)C1c1ccc(OC)c(OC)c1Cl. The number of hydrogen-bond donors (Lipinski definition) is 1. The molecule has 21 heavy (non-hydrogen) atoms. The van der Waals surface area contributed by atoms with Crippen molar-refractivity contribution in [1.29, 1.82) is 0 Å². The van der Waals surface area contributed by atoms with Gasteiger partial charge in [0, 0.05) is 19.0 Å². The van der Waals surface area contributed by atoms with Gasteiger partial charge in [-0.05, 0) is 18.1 Å². The maximum atomic E-state index is 12.1. The zero-order valence-corrected chi connectivity index (χ0v) is 13.3. The highest BCUT2D eigenvalue weighted by Gasteiger charge is 2.39. The Hall–Kier alpha value is -1.46. The molecule has 0 bridgehead atoms. The quantitative estimate of drug-likeness (QED) is 0.906. The van der Waals surface area contributed by atoms with Crippen molar-refractivity contribution in [2.24, 2.45) is 5.73 Å². The smallest absolute Gasteiger partial charge is 0.224 e. The second kappa shape index (κ2) is 6.54. The number of nitrogens with two attached hydrogens (primary N) is 1. The molecular formula is C15H21ClN2O3. The molecule has 0 saturated carbocycles. The molecule has 1 saturated heterocycles. The second-order valence-electron chi connectivity index (χ2n) is 5.10. The maximum absolute atomic E-state index is 12.1. The average Bonchev–Trinajstić information content (AvgIpc) is 2.73. The monoisotopic (exact) mass is 312 g/mol. The van der Waals surface area contributed by atoms with Crippen LogP contribution in [0.15, 0.2) is 12.1 Å². The van der Waals surface area contributed by atoms with E-state index in [1.54, 1.807) is 18.1 Å². The van der Waals surface area contributed by atoms with Crippen LogP contribution < -0.4 is 15.2 Å². The highest BCUT2D eigenvalue weighted by Crippen LogP contribution is 2.43. The molecule has 2 rings (SSSR count). The molecule has 0 aromatic heterocycles. The van der Waals surface area contributed by atoms with Crippen LogP contribution in [0, 0.1) is 0 Å². The van der Waals surface area contributed by atoms with Crippen molar-refractivity contribution in [2.45, 2.75) is 31.8 Å². The van der Waals surface area contributed by atoms with Gasteiger partial charge in [0.1, 0.15) is 0 Å². The Balaban J connectivity index is 2.47. The largest absolute Gasteiger partial charge is 0.493 e.